The second-order valence-electron chi connectivity index (χ2n) is 4.13. The average Bonchev–Trinajstić information content (AvgIpc) is 2.79. The molecule has 2 unspecified atom stereocenters. The number of amides is 1. The van der Waals surface area contributed by atoms with Crippen molar-refractivity contribution in [1.82, 2.24) is 15.1 Å². The number of hydrogen-bond donors (Lipinski definition) is 3. The van der Waals surface area contributed by atoms with Crippen molar-refractivity contribution in [2.75, 3.05) is 13.7 Å². The number of carboxylic acid groups (broad SMARTS) is 1. The monoisotopic (exact) mass is 270 g/mol. The normalized spacial score (nSPS) is 13.8. The predicted octanol–water partition coefficient (Wildman–Crippen LogP) is -0.974. The number of rotatable bonds is 7. The van der Waals surface area contributed by atoms with E-state index in [-0.39, 0.29) is 13.0 Å². The Balaban J connectivity index is 2.48. The van der Waals surface area contributed by atoms with E-state index in [4.69, 9.17) is 15.6 Å². The van der Waals surface area contributed by atoms with E-state index in [1.165, 1.54) is 13.3 Å². The fraction of sp³-hybridized carbons (Fsp3) is 0.545. The predicted molar refractivity (Wildman–Crippen MR) is 66.2 cm³/mol. The van der Waals surface area contributed by atoms with Crippen LogP contribution < -0.4 is 11.1 Å². The standard InChI is InChI=1S/C11H18N4O4/c1-15-6-7(4-14-15)10(12)11(18)13-5-8(19-2)3-9(16)17/h4,6,8,10H,3,5,12H2,1-2H3,(H,13,18)(H,16,17). The van der Waals surface area contributed by atoms with Crippen LogP contribution in [-0.4, -0.2) is 46.5 Å². The number of carbonyl (C=O) groups is 2. The number of nitrogens with zero attached hydrogens (tertiary/aromatic N) is 2. The maximum atomic E-state index is 11.8. The van der Waals surface area contributed by atoms with E-state index < -0.39 is 24.0 Å². The van der Waals surface area contributed by atoms with Gasteiger partial charge in [-0.15, -0.1) is 0 Å². The molecular weight excluding hydrogens is 252 g/mol. The van der Waals surface area contributed by atoms with Crippen LogP contribution in [0.3, 0.4) is 0 Å². The molecule has 8 nitrogen and oxygen atoms in total. The Hall–Kier alpha value is -1.93. The number of methoxy groups -OCH3 is 1. The number of hydrogen-bond acceptors (Lipinski definition) is 5. The molecule has 1 aromatic heterocycles. The van der Waals surface area contributed by atoms with E-state index in [1.54, 1.807) is 17.9 Å². The van der Waals surface area contributed by atoms with Gasteiger partial charge in [-0.2, -0.15) is 5.10 Å². The summed E-state index contributed by atoms with van der Waals surface area (Å²) in [5, 5.41) is 15.1. The minimum atomic E-state index is -0.988. The van der Waals surface area contributed by atoms with Crippen molar-refractivity contribution in [3.05, 3.63) is 18.0 Å². The fourth-order valence-electron chi connectivity index (χ4n) is 1.51. The lowest BCUT2D eigenvalue weighted by Gasteiger charge is -2.16. The van der Waals surface area contributed by atoms with E-state index in [1.807, 2.05) is 0 Å². The van der Waals surface area contributed by atoms with Crippen LogP contribution in [0.5, 0.6) is 0 Å². The lowest BCUT2D eigenvalue weighted by molar-refractivity contribution is -0.140. The van der Waals surface area contributed by atoms with Gasteiger partial charge in [-0.25, -0.2) is 0 Å². The van der Waals surface area contributed by atoms with E-state index >= 15 is 0 Å². The number of carbonyl (C=O) groups excluding carboxylic acids is 1. The summed E-state index contributed by atoms with van der Waals surface area (Å²) in [5.74, 6) is -1.39. The van der Waals surface area contributed by atoms with Crippen LogP contribution in [-0.2, 0) is 21.4 Å². The van der Waals surface area contributed by atoms with Crippen LogP contribution in [0.25, 0.3) is 0 Å². The van der Waals surface area contributed by atoms with Crippen LogP contribution in [0, 0.1) is 0 Å². The second kappa shape index (κ2) is 6.86. The Bertz CT molecular complexity index is 446. The number of aryl methyl sites for hydroxylation is 1. The third-order valence-electron chi connectivity index (χ3n) is 2.61. The zero-order valence-electron chi connectivity index (χ0n) is 10.9. The van der Waals surface area contributed by atoms with Crippen molar-refractivity contribution in [3.8, 4) is 0 Å². The molecule has 0 spiro atoms. The molecule has 8 heteroatoms. The molecular formula is C11H18N4O4. The van der Waals surface area contributed by atoms with Gasteiger partial charge in [-0.05, 0) is 0 Å². The Morgan fingerprint density at radius 2 is 2.32 bits per heavy atom. The first-order valence-corrected chi connectivity index (χ1v) is 5.70. The molecule has 0 saturated heterocycles. The van der Waals surface area contributed by atoms with Gasteiger partial charge in [0.25, 0.3) is 0 Å². The number of ether oxygens (including phenoxy) is 1. The lowest BCUT2D eigenvalue weighted by Crippen LogP contribution is -2.39. The maximum absolute atomic E-state index is 11.8. The van der Waals surface area contributed by atoms with Gasteiger partial charge >= 0.3 is 5.97 Å². The Kier molecular flexibility index (Phi) is 5.46. The van der Waals surface area contributed by atoms with Gasteiger partial charge in [0.1, 0.15) is 6.04 Å². The minimum absolute atomic E-state index is 0.0929. The number of carboxylic acids is 1. The molecule has 0 aliphatic heterocycles. The third kappa shape index (κ3) is 4.68. The topological polar surface area (TPSA) is 119 Å². The molecule has 0 radical (unpaired) electrons. The van der Waals surface area contributed by atoms with Crippen molar-refractivity contribution in [2.45, 2.75) is 18.6 Å². The highest BCUT2D eigenvalue weighted by molar-refractivity contribution is 5.82. The summed E-state index contributed by atoms with van der Waals surface area (Å²) in [4.78, 5) is 22.3. The highest BCUT2D eigenvalue weighted by Gasteiger charge is 2.19. The van der Waals surface area contributed by atoms with Gasteiger partial charge in [0.15, 0.2) is 0 Å². The van der Waals surface area contributed by atoms with Crippen LogP contribution in [0.1, 0.15) is 18.0 Å². The molecule has 0 aliphatic rings. The Morgan fingerprint density at radius 3 is 2.79 bits per heavy atom. The first kappa shape index (κ1) is 15.1. The van der Waals surface area contributed by atoms with E-state index in [0.29, 0.717) is 5.56 Å². The summed E-state index contributed by atoms with van der Waals surface area (Å²) in [6.45, 7) is 0.0929. The molecule has 0 bridgehead atoms. The molecule has 2 atom stereocenters. The van der Waals surface area contributed by atoms with Crippen LogP contribution >= 0.6 is 0 Å². The lowest BCUT2D eigenvalue weighted by atomic mass is 10.1. The summed E-state index contributed by atoms with van der Waals surface area (Å²) >= 11 is 0. The number of aliphatic carboxylic acids is 1. The van der Waals surface area contributed by atoms with E-state index in [9.17, 15) is 9.59 Å². The van der Waals surface area contributed by atoms with Crippen molar-refractivity contribution in [2.24, 2.45) is 12.8 Å². The van der Waals surface area contributed by atoms with Gasteiger partial charge in [0.2, 0.25) is 5.91 Å². The molecule has 1 aromatic rings. The van der Waals surface area contributed by atoms with Crippen LogP contribution in [0.15, 0.2) is 12.4 Å². The Labute approximate surface area is 110 Å². The third-order valence-corrected chi connectivity index (χ3v) is 2.61. The number of nitrogens with one attached hydrogen (secondary N) is 1. The molecule has 0 saturated carbocycles. The summed E-state index contributed by atoms with van der Waals surface area (Å²) in [7, 11) is 3.11. The van der Waals surface area contributed by atoms with Crippen molar-refractivity contribution >= 4 is 11.9 Å². The summed E-state index contributed by atoms with van der Waals surface area (Å²) in [6.07, 6.45) is 2.39. The molecule has 1 heterocycles. The Morgan fingerprint density at radius 1 is 1.63 bits per heavy atom. The SMILES string of the molecule is COC(CNC(=O)C(N)c1cnn(C)c1)CC(=O)O. The summed E-state index contributed by atoms with van der Waals surface area (Å²) in [5.41, 5.74) is 6.35. The first-order valence-electron chi connectivity index (χ1n) is 5.70. The van der Waals surface area contributed by atoms with Crippen LogP contribution in [0.4, 0.5) is 0 Å². The molecule has 1 rings (SSSR count). The average molecular weight is 270 g/mol. The summed E-state index contributed by atoms with van der Waals surface area (Å²) < 4.78 is 6.49. The number of aromatic nitrogens is 2. The van der Waals surface area contributed by atoms with Crippen LogP contribution in [0.2, 0.25) is 0 Å². The molecule has 0 aliphatic carbocycles. The van der Waals surface area contributed by atoms with Gasteiger partial charge in [-0.3, -0.25) is 14.3 Å². The van der Waals surface area contributed by atoms with Crippen molar-refractivity contribution in [1.29, 1.82) is 0 Å². The largest absolute Gasteiger partial charge is 0.481 e. The number of nitrogens with two attached hydrogens (primary N) is 1. The zero-order valence-corrected chi connectivity index (χ0v) is 10.9. The molecule has 106 valence electrons. The van der Waals surface area contributed by atoms with E-state index in [0.717, 1.165) is 0 Å². The van der Waals surface area contributed by atoms with Crippen molar-refractivity contribution < 1.29 is 19.4 Å². The molecule has 0 fully saturated rings. The van der Waals surface area contributed by atoms with Gasteiger partial charge < -0.3 is 20.9 Å². The minimum Gasteiger partial charge on any atom is -0.481 e. The fourth-order valence-corrected chi connectivity index (χ4v) is 1.51. The molecule has 19 heavy (non-hydrogen) atoms. The second-order valence-corrected chi connectivity index (χ2v) is 4.13. The maximum Gasteiger partial charge on any atom is 0.306 e. The quantitative estimate of drug-likeness (QED) is 0.586. The van der Waals surface area contributed by atoms with Gasteiger partial charge in [0.05, 0.1) is 18.7 Å². The molecule has 0 aromatic carbocycles. The van der Waals surface area contributed by atoms with Gasteiger partial charge in [-0.1, -0.05) is 0 Å². The summed E-state index contributed by atoms with van der Waals surface area (Å²) in [6, 6.07) is -0.837. The smallest absolute Gasteiger partial charge is 0.306 e. The highest BCUT2D eigenvalue weighted by Crippen LogP contribution is 2.08. The molecule has 4 N–H and O–H groups in total. The van der Waals surface area contributed by atoms with Gasteiger partial charge in [0, 0.05) is 32.5 Å². The first-order chi connectivity index (χ1) is 8.93. The van der Waals surface area contributed by atoms with E-state index in [2.05, 4.69) is 10.4 Å². The highest BCUT2D eigenvalue weighted by atomic mass is 16.5. The zero-order chi connectivity index (χ0) is 14.4. The van der Waals surface area contributed by atoms with Crippen molar-refractivity contribution in [3.63, 3.8) is 0 Å². The molecule has 1 amide bonds.